The lowest BCUT2D eigenvalue weighted by Gasteiger charge is -2.11. The van der Waals surface area contributed by atoms with Gasteiger partial charge in [-0.1, -0.05) is 30.3 Å². The van der Waals surface area contributed by atoms with Crippen LogP contribution in [0, 0.1) is 0 Å². The third-order valence-corrected chi connectivity index (χ3v) is 3.08. The van der Waals surface area contributed by atoms with E-state index in [1.807, 2.05) is 48.5 Å². The molecule has 1 aromatic heterocycles. The molecule has 0 saturated carbocycles. The van der Waals surface area contributed by atoms with Crippen molar-refractivity contribution < 1.29 is 9.52 Å². The van der Waals surface area contributed by atoms with E-state index in [0.29, 0.717) is 5.89 Å². The molecule has 4 nitrogen and oxygen atoms in total. The SMILES string of the molecule is NC(CO)c1ccccc1-c1nc2ccccc2o1. The van der Waals surface area contributed by atoms with Gasteiger partial charge in [-0.15, -0.1) is 0 Å². The van der Waals surface area contributed by atoms with E-state index in [2.05, 4.69) is 4.98 Å². The molecule has 0 saturated heterocycles. The van der Waals surface area contributed by atoms with Crippen molar-refractivity contribution in [2.75, 3.05) is 6.61 Å². The van der Waals surface area contributed by atoms with Crippen molar-refractivity contribution in [1.29, 1.82) is 0 Å². The highest BCUT2D eigenvalue weighted by Gasteiger charge is 2.15. The number of fused-ring (bicyclic) bond motifs is 1. The first kappa shape index (κ1) is 11.9. The molecule has 1 heterocycles. The molecule has 1 unspecified atom stereocenters. The molecular formula is C15H14N2O2. The second-order valence-corrected chi connectivity index (χ2v) is 4.36. The van der Waals surface area contributed by atoms with Crippen LogP contribution in [0.4, 0.5) is 0 Å². The molecule has 0 radical (unpaired) electrons. The lowest BCUT2D eigenvalue weighted by atomic mass is 10.0. The Kier molecular flexibility index (Phi) is 3.03. The number of hydrogen-bond donors (Lipinski definition) is 2. The molecular weight excluding hydrogens is 240 g/mol. The van der Waals surface area contributed by atoms with Crippen LogP contribution in [0.5, 0.6) is 0 Å². The maximum Gasteiger partial charge on any atom is 0.227 e. The summed E-state index contributed by atoms with van der Waals surface area (Å²) < 4.78 is 5.74. The second-order valence-electron chi connectivity index (χ2n) is 4.36. The van der Waals surface area contributed by atoms with Crippen LogP contribution in [-0.4, -0.2) is 16.7 Å². The first-order chi connectivity index (χ1) is 9.29. The van der Waals surface area contributed by atoms with Gasteiger partial charge in [0.1, 0.15) is 5.52 Å². The minimum atomic E-state index is -0.439. The number of para-hydroxylation sites is 2. The maximum atomic E-state index is 9.22. The van der Waals surface area contributed by atoms with Crippen molar-refractivity contribution in [3.05, 3.63) is 54.1 Å². The van der Waals surface area contributed by atoms with E-state index in [-0.39, 0.29) is 6.61 Å². The second kappa shape index (κ2) is 4.84. The predicted molar refractivity (Wildman–Crippen MR) is 73.5 cm³/mol. The number of nitrogens with two attached hydrogens (primary N) is 1. The molecule has 3 N–H and O–H groups in total. The topological polar surface area (TPSA) is 72.3 Å². The van der Waals surface area contributed by atoms with Crippen LogP contribution in [-0.2, 0) is 0 Å². The highest BCUT2D eigenvalue weighted by molar-refractivity contribution is 5.76. The van der Waals surface area contributed by atoms with Crippen LogP contribution in [0.2, 0.25) is 0 Å². The average Bonchev–Trinajstić information content (AvgIpc) is 2.90. The number of aliphatic hydroxyl groups is 1. The zero-order valence-electron chi connectivity index (χ0n) is 10.3. The number of aromatic nitrogens is 1. The first-order valence-corrected chi connectivity index (χ1v) is 6.11. The number of benzene rings is 2. The molecule has 0 aliphatic rings. The molecule has 2 aromatic carbocycles. The van der Waals surface area contributed by atoms with E-state index in [9.17, 15) is 5.11 Å². The van der Waals surface area contributed by atoms with Gasteiger partial charge in [0.15, 0.2) is 5.58 Å². The summed E-state index contributed by atoms with van der Waals surface area (Å²) in [5, 5.41) is 9.22. The monoisotopic (exact) mass is 254 g/mol. The minimum absolute atomic E-state index is 0.114. The summed E-state index contributed by atoms with van der Waals surface area (Å²) in [5.74, 6) is 0.528. The van der Waals surface area contributed by atoms with Crippen molar-refractivity contribution in [3.8, 4) is 11.5 Å². The van der Waals surface area contributed by atoms with Crippen LogP contribution < -0.4 is 5.73 Å². The van der Waals surface area contributed by atoms with Crippen LogP contribution in [0.1, 0.15) is 11.6 Å². The molecule has 1 atom stereocenters. The third kappa shape index (κ3) is 2.12. The fraction of sp³-hybridized carbons (Fsp3) is 0.133. The molecule has 0 fully saturated rings. The van der Waals surface area contributed by atoms with Crippen molar-refractivity contribution in [2.24, 2.45) is 5.73 Å². The quantitative estimate of drug-likeness (QED) is 0.753. The number of rotatable bonds is 3. The Morgan fingerprint density at radius 3 is 2.63 bits per heavy atom. The van der Waals surface area contributed by atoms with E-state index >= 15 is 0 Å². The van der Waals surface area contributed by atoms with E-state index in [1.165, 1.54) is 0 Å². The van der Waals surface area contributed by atoms with E-state index in [0.717, 1.165) is 22.2 Å². The fourth-order valence-electron chi connectivity index (χ4n) is 2.10. The molecule has 4 heteroatoms. The Morgan fingerprint density at radius 1 is 1.11 bits per heavy atom. The Morgan fingerprint density at radius 2 is 1.84 bits per heavy atom. The molecule has 96 valence electrons. The van der Waals surface area contributed by atoms with E-state index in [4.69, 9.17) is 10.2 Å². The summed E-state index contributed by atoms with van der Waals surface area (Å²) in [6.07, 6.45) is 0. The van der Waals surface area contributed by atoms with Gasteiger partial charge in [-0.25, -0.2) is 4.98 Å². The number of aliphatic hydroxyl groups excluding tert-OH is 1. The summed E-state index contributed by atoms with van der Waals surface area (Å²) in [4.78, 5) is 4.46. The van der Waals surface area contributed by atoms with E-state index in [1.54, 1.807) is 0 Å². The smallest absolute Gasteiger partial charge is 0.227 e. The molecule has 0 spiro atoms. The molecule has 0 bridgehead atoms. The molecule has 19 heavy (non-hydrogen) atoms. The van der Waals surface area contributed by atoms with Gasteiger partial charge in [-0.05, 0) is 23.8 Å². The highest BCUT2D eigenvalue weighted by atomic mass is 16.3. The molecule has 0 amide bonds. The van der Waals surface area contributed by atoms with Gasteiger partial charge in [-0.3, -0.25) is 0 Å². The number of oxazole rings is 1. The summed E-state index contributed by atoms with van der Waals surface area (Å²) >= 11 is 0. The molecule has 0 aliphatic carbocycles. The van der Waals surface area contributed by atoms with Crippen LogP contribution in [0.25, 0.3) is 22.6 Å². The number of hydrogen-bond acceptors (Lipinski definition) is 4. The molecule has 3 rings (SSSR count). The van der Waals surface area contributed by atoms with Gasteiger partial charge in [0.25, 0.3) is 0 Å². The largest absolute Gasteiger partial charge is 0.436 e. The normalized spacial score (nSPS) is 12.7. The summed E-state index contributed by atoms with van der Waals surface area (Å²) in [6.45, 7) is -0.114. The zero-order valence-corrected chi connectivity index (χ0v) is 10.3. The first-order valence-electron chi connectivity index (χ1n) is 6.11. The standard InChI is InChI=1S/C15H14N2O2/c16-12(9-18)10-5-1-2-6-11(10)15-17-13-7-3-4-8-14(13)19-15/h1-8,12,18H,9,16H2. The number of nitrogens with zero attached hydrogens (tertiary/aromatic N) is 1. The Labute approximate surface area is 110 Å². The predicted octanol–water partition coefficient (Wildman–Crippen LogP) is 2.49. The summed E-state index contributed by atoms with van der Waals surface area (Å²) in [5.41, 5.74) is 9.11. The summed E-state index contributed by atoms with van der Waals surface area (Å²) in [6, 6.07) is 14.7. The highest BCUT2D eigenvalue weighted by Crippen LogP contribution is 2.29. The lowest BCUT2D eigenvalue weighted by molar-refractivity contribution is 0.268. The fourth-order valence-corrected chi connectivity index (χ4v) is 2.10. The van der Waals surface area contributed by atoms with E-state index < -0.39 is 6.04 Å². The van der Waals surface area contributed by atoms with Crippen LogP contribution in [0.15, 0.2) is 52.9 Å². The van der Waals surface area contributed by atoms with Crippen molar-refractivity contribution >= 4 is 11.1 Å². The van der Waals surface area contributed by atoms with Gasteiger partial charge in [0.05, 0.1) is 12.6 Å². The Balaban J connectivity index is 2.15. The zero-order chi connectivity index (χ0) is 13.2. The molecule has 0 aliphatic heterocycles. The molecule has 3 aromatic rings. The Bertz CT molecular complexity index is 673. The summed E-state index contributed by atoms with van der Waals surface area (Å²) in [7, 11) is 0. The van der Waals surface area contributed by atoms with Gasteiger partial charge in [-0.2, -0.15) is 0 Å². The minimum Gasteiger partial charge on any atom is -0.436 e. The van der Waals surface area contributed by atoms with Crippen molar-refractivity contribution in [3.63, 3.8) is 0 Å². The van der Waals surface area contributed by atoms with Crippen LogP contribution >= 0.6 is 0 Å². The van der Waals surface area contributed by atoms with Gasteiger partial charge in [0.2, 0.25) is 5.89 Å². The Hall–Kier alpha value is -2.17. The lowest BCUT2D eigenvalue weighted by Crippen LogP contribution is -2.15. The van der Waals surface area contributed by atoms with Gasteiger partial charge >= 0.3 is 0 Å². The van der Waals surface area contributed by atoms with Gasteiger partial charge in [0, 0.05) is 5.56 Å². The van der Waals surface area contributed by atoms with Gasteiger partial charge < -0.3 is 15.3 Å². The third-order valence-electron chi connectivity index (χ3n) is 3.08. The van der Waals surface area contributed by atoms with Crippen molar-refractivity contribution in [1.82, 2.24) is 4.98 Å². The van der Waals surface area contributed by atoms with Crippen LogP contribution in [0.3, 0.4) is 0 Å². The maximum absolute atomic E-state index is 9.22. The van der Waals surface area contributed by atoms with Crippen molar-refractivity contribution in [2.45, 2.75) is 6.04 Å². The average molecular weight is 254 g/mol.